The van der Waals surface area contributed by atoms with Gasteiger partial charge in [0.05, 0.1) is 0 Å². The van der Waals surface area contributed by atoms with Gasteiger partial charge in [-0.05, 0) is 50.8 Å². The Hall–Kier alpha value is -5.01. The van der Waals surface area contributed by atoms with Gasteiger partial charge in [0.15, 0.2) is 0 Å². The number of benzene rings is 4. The van der Waals surface area contributed by atoms with E-state index in [9.17, 15) is 0 Å². The van der Waals surface area contributed by atoms with Crippen LogP contribution in [0.15, 0.2) is 122 Å². The fourth-order valence-corrected chi connectivity index (χ4v) is 5.74. The van der Waals surface area contributed by atoms with Crippen molar-refractivity contribution in [2.45, 2.75) is 19.3 Å². The number of para-hydroxylation sites is 1. The molecule has 53 heavy (non-hydrogen) atoms. The first-order valence-electron chi connectivity index (χ1n) is 16.8. The maximum atomic E-state index is 6.57. The van der Waals surface area contributed by atoms with Crippen molar-refractivity contribution in [2.24, 2.45) is 0 Å². The van der Waals surface area contributed by atoms with Crippen LogP contribution < -0.4 is 19.3 Å². The Morgan fingerprint density at radius 1 is 0.736 bits per heavy atom. The van der Waals surface area contributed by atoms with E-state index in [1.807, 2.05) is 115 Å². The third-order valence-electron chi connectivity index (χ3n) is 8.24. The minimum Gasteiger partial charge on any atom is -0.669 e. The molecule has 4 aromatic carbocycles. The molecular weight excluding hydrogens is 1020 g/mol. The monoisotopic (exact) mass is 1050 g/mol. The predicted molar refractivity (Wildman–Crippen MR) is 199 cm³/mol. The predicted octanol–water partition coefficient (Wildman–Crippen LogP) is 9.21. The van der Waals surface area contributed by atoms with E-state index in [2.05, 4.69) is 58.4 Å². The second-order valence-corrected chi connectivity index (χ2v) is 12.0. The van der Waals surface area contributed by atoms with E-state index in [0.717, 1.165) is 46.8 Å². The molecule has 1 fully saturated rings. The van der Waals surface area contributed by atoms with Gasteiger partial charge in [0.25, 0.3) is 0 Å². The SMILES string of the molecule is CN1C=CN(c2[c-]c(Oc3[c-]c(-c4cc(-c5[c-]c(Oc6[c-]cccc6)cc(N6CCCCC6)c5)[c-]cn4)ccc3)ccc2)[CH-]1.[C-]#Cn1cccc1.[Pt+4].[Pt]. The van der Waals surface area contributed by atoms with Crippen molar-refractivity contribution in [3.63, 3.8) is 0 Å². The molecular formula is C44H34N5O2Pt2-3. The first-order valence-corrected chi connectivity index (χ1v) is 16.8. The van der Waals surface area contributed by atoms with E-state index < -0.39 is 0 Å². The zero-order valence-electron chi connectivity index (χ0n) is 28.8. The van der Waals surface area contributed by atoms with Crippen molar-refractivity contribution in [1.82, 2.24) is 14.5 Å². The number of anilines is 2. The zero-order valence-corrected chi connectivity index (χ0v) is 33.4. The normalized spacial score (nSPS) is 13.2. The molecule has 2 aliphatic heterocycles. The molecule has 7 nitrogen and oxygen atoms in total. The second-order valence-electron chi connectivity index (χ2n) is 12.0. The van der Waals surface area contributed by atoms with Crippen molar-refractivity contribution in [2.75, 3.05) is 29.9 Å². The van der Waals surface area contributed by atoms with Crippen molar-refractivity contribution in [3.05, 3.63) is 165 Å². The first kappa shape index (κ1) is 39.2. The summed E-state index contributed by atoms with van der Waals surface area (Å²) in [6, 6.07) is 48.0. The molecule has 4 heterocycles. The van der Waals surface area contributed by atoms with Crippen LogP contribution in [0.2, 0.25) is 0 Å². The summed E-state index contributed by atoms with van der Waals surface area (Å²) in [5, 5.41) is 0. The van der Waals surface area contributed by atoms with Gasteiger partial charge in [-0.25, -0.2) is 18.2 Å². The summed E-state index contributed by atoms with van der Waals surface area (Å²) in [6.07, 6.45) is 19.4. The summed E-state index contributed by atoms with van der Waals surface area (Å²) in [7, 11) is 1.98. The number of ether oxygens (including phenoxy) is 2. The summed E-state index contributed by atoms with van der Waals surface area (Å²) in [5.74, 6) is 2.49. The van der Waals surface area contributed by atoms with Gasteiger partial charge in [0.2, 0.25) is 0 Å². The van der Waals surface area contributed by atoms with Crippen LogP contribution >= 0.6 is 0 Å². The molecule has 0 amide bonds. The quantitative estimate of drug-likeness (QED) is 0.112. The van der Waals surface area contributed by atoms with E-state index in [1.54, 1.807) is 23.2 Å². The van der Waals surface area contributed by atoms with Crippen LogP contribution in [0.4, 0.5) is 11.4 Å². The second kappa shape index (κ2) is 19.2. The molecule has 0 aliphatic carbocycles. The van der Waals surface area contributed by atoms with Crippen LogP contribution in [0.3, 0.4) is 0 Å². The molecule has 8 rings (SSSR count). The molecule has 0 unspecified atom stereocenters. The van der Waals surface area contributed by atoms with Gasteiger partial charge in [-0.3, -0.25) is 11.1 Å². The molecule has 0 radical (unpaired) electrons. The Bertz CT molecular complexity index is 2130. The summed E-state index contributed by atoms with van der Waals surface area (Å²) < 4.78 is 13.9. The summed E-state index contributed by atoms with van der Waals surface area (Å²) in [6.45, 7) is 4.03. The number of hydrogen-bond donors (Lipinski definition) is 0. The minimum atomic E-state index is 0. The van der Waals surface area contributed by atoms with Crippen LogP contribution in [-0.4, -0.2) is 34.6 Å². The van der Waals surface area contributed by atoms with Gasteiger partial charge < -0.3 is 40.1 Å². The molecule has 1 saturated heterocycles. The van der Waals surface area contributed by atoms with Gasteiger partial charge in [-0.2, -0.15) is 43.1 Å². The van der Waals surface area contributed by atoms with E-state index in [-0.39, 0.29) is 42.1 Å². The third-order valence-corrected chi connectivity index (χ3v) is 8.24. The van der Waals surface area contributed by atoms with Gasteiger partial charge in [0, 0.05) is 69.5 Å². The molecule has 2 aliphatic rings. The standard InChI is InChI=1S/C38H30N4O2.C6H4N.2Pt/c1-40-20-21-42(28-40)32-11-9-15-36(26-32)44-35-14-8-10-30(23-35)38-25-29(16-17-39-38)31-22-33(41-18-6-3-7-19-41)27-37(24-31)43-34-12-4-2-5-13-34;1-2-7-5-3-4-6-7;;/h2,4-5,8-12,14-15,17,20-22,25,27-28H,3,6-7,18-19H2,1H3;3-6H;;/q-6;-1;;+4. The molecule has 0 bridgehead atoms. The van der Waals surface area contributed by atoms with Crippen molar-refractivity contribution in [3.8, 4) is 51.4 Å². The topological polar surface area (TPSA) is 46.0 Å². The van der Waals surface area contributed by atoms with Crippen molar-refractivity contribution in [1.29, 1.82) is 0 Å². The number of piperidine rings is 1. The number of hydrogen-bond acceptors (Lipinski definition) is 6. The number of pyridine rings is 1. The fourth-order valence-electron chi connectivity index (χ4n) is 5.74. The van der Waals surface area contributed by atoms with Crippen LogP contribution in [0.5, 0.6) is 23.0 Å². The van der Waals surface area contributed by atoms with E-state index in [4.69, 9.17) is 15.9 Å². The molecule has 0 N–H and O–H groups in total. The average molecular weight is 1050 g/mol. The van der Waals surface area contributed by atoms with Crippen molar-refractivity contribution >= 4 is 11.4 Å². The van der Waals surface area contributed by atoms with Crippen molar-refractivity contribution < 1.29 is 51.6 Å². The maximum Gasteiger partial charge on any atom is 4.00 e. The molecule has 2 aromatic heterocycles. The van der Waals surface area contributed by atoms with Gasteiger partial charge in [0.1, 0.15) is 0 Å². The Morgan fingerprint density at radius 3 is 2.19 bits per heavy atom. The van der Waals surface area contributed by atoms with Crippen LogP contribution in [-0.2, 0) is 42.1 Å². The molecule has 0 atom stereocenters. The fraction of sp³-hybridized carbons (Fsp3) is 0.136. The van der Waals surface area contributed by atoms with Crippen LogP contribution in [0.25, 0.3) is 22.4 Å². The third kappa shape index (κ3) is 10.5. The number of nitrogens with zero attached hydrogens (tertiary/aromatic N) is 5. The van der Waals surface area contributed by atoms with Crippen LogP contribution in [0, 0.1) is 49.5 Å². The van der Waals surface area contributed by atoms with Gasteiger partial charge >= 0.3 is 21.1 Å². The summed E-state index contributed by atoms with van der Waals surface area (Å²) in [5.41, 5.74) is 5.34. The van der Waals surface area contributed by atoms with E-state index in [0.29, 0.717) is 23.0 Å². The molecule has 0 saturated carbocycles. The first-order chi connectivity index (χ1) is 25.1. The molecule has 0 spiro atoms. The number of aromatic nitrogens is 2. The Labute approximate surface area is 341 Å². The molecule has 9 heteroatoms. The Kier molecular flexibility index (Phi) is 14.2. The van der Waals surface area contributed by atoms with E-state index >= 15 is 0 Å². The number of rotatable bonds is 8. The molecule has 6 aromatic rings. The summed E-state index contributed by atoms with van der Waals surface area (Å²) >= 11 is 0. The maximum absolute atomic E-state index is 6.57. The Morgan fingerprint density at radius 2 is 1.47 bits per heavy atom. The van der Waals surface area contributed by atoms with Crippen LogP contribution in [0.1, 0.15) is 19.3 Å². The van der Waals surface area contributed by atoms with E-state index in [1.165, 1.54) is 19.3 Å². The summed E-state index contributed by atoms with van der Waals surface area (Å²) in [4.78, 5) is 11.0. The largest absolute Gasteiger partial charge is 4.00 e. The smallest absolute Gasteiger partial charge is 0.669 e. The minimum absolute atomic E-state index is 0. The molecule has 270 valence electrons. The average Bonchev–Trinajstić information content (AvgIpc) is 3.88. The Balaban J connectivity index is 0.000000542. The van der Waals surface area contributed by atoms with Gasteiger partial charge in [-0.1, -0.05) is 29.7 Å². The zero-order chi connectivity index (χ0) is 34.8. The van der Waals surface area contributed by atoms with Gasteiger partial charge in [-0.15, -0.1) is 59.8 Å².